The van der Waals surface area contributed by atoms with Crippen LogP contribution in [-0.4, -0.2) is 40.7 Å². The van der Waals surface area contributed by atoms with Crippen LogP contribution in [0.1, 0.15) is 33.6 Å². The zero-order valence-corrected chi connectivity index (χ0v) is 10.1. The Morgan fingerprint density at radius 1 is 1.44 bits per heavy atom. The molecule has 5 heteroatoms. The summed E-state index contributed by atoms with van der Waals surface area (Å²) in [5.74, 6) is -0.139. The first-order valence-electron chi connectivity index (χ1n) is 5.60. The van der Waals surface area contributed by atoms with Crippen LogP contribution in [-0.2, 0) is 4.74 Å². The molecule has 0 aromatic rings. The van der Waals surface area contributed by atoms with E-state index in [4.69, 9.17) is 9.84 Å². The van der Waals surface area contributed by atoms with Crippen molar-refractivity contribution in [2.45, 2.75) is 51.4 Å². The molecule has 1 aliphatic carbocycles. The molecule has 1 aliphatic rings. The van der Waals surface area contributed by atoms with Crippen molar-refractivity contribution in [1.82, 2.24) is 5.32 Å². The summed E-state index contributed by atoms with van der Waals surface area (Å²) in [6.07, 6.45) is 0.0645. The molecule has 1 amide bonds. The summed E-state index contributed by atoms with van der Waals surface area (Å²) >= 11 is 0. The van der Waals surface area contributed by atoms with Crippen LogP contribution in [0.4, 0.5) is 4.79 Å². The van der Waals surface area contributed by atoms with Crippen LogP contribution in [0.2, 0.25) is 0 Å². The molecule has 3 N–H and O–H groups in total. The summed E-state index contributed by atoms with van der Waals surface area (Å²) in [4.78, 5) is 11.4. The van der Waals surface area contributed by atoms with E-state index < -0.39 is 17.8 Å². The molecular formula is C11H21NO4. The molecule has 0 aromatic carbocycles. The van der Waals surface area contributed by atoms with E-state index in [0.717, 1.165) is 0 Å². The van der Waals surface area contributed by atoms with E-state index in [1.807, 2.05) is 0 Å². The fourth-order valence-corrected chi connectivity index (χ4v) is 1.89. The molecule has 94 valence electrons. The number of alkyl carbamates (subject to hydrolysis) is 1. The lowest BCUT2D eigenvalue weighted by Gasteiger charge is -2.21. The number of nitrogens with one attached hydrogen (secondary N) is 1. The first kappa shape index (κ1) is 13.3. The van der Waals surface area contributed by atoms with Gasteiger partial charge in [0.2, 0.25) is 0 Å². The van der Waals surface area contributed by atoms with E-state index in [9.17, 15) is 9.90 Å². The van der Waals surface area contributed by atoms with Gasteiger partial charge in [-0.25, -0.2) is 4.79 Å². The summed E-state index contributed by atoms with van der Waals surface area (Å²) in [5, 5.41) is 21.2. The van der Waals surface area contributed by atoms with Crippen molar-refractivity contribution in [2.24, 2.45) is 5.92 Å². The topological polar surface area (TPSA) is 78.8 Å². The minimum Gasteiger partial charge on any atom is -0.444 e. The first-order valence-corrected chi connectivity index (χ1v) is 5.60. The average molecular weight is 231 g/mol. The lowest BCUT2D eigenvalue weighted by atomic mass is 10.1. The lowest BCUT2D eigenvalue weighted by Crippen LogP contribution is -2.38. The first-order chi connectivity index (χ1) is 7.31. The summed E-state index contributed by atoms with van der Waals surface area (Å²) in [6.45, 7) is 5.35. The molecule has 1 fully saturated rings. The predicted octanol–water partition coefficient (Wildman–Crippen LogP) is 0.643. The van der Waals surface area contributed by atoms with Crippen molar-refractivity contribution < 1.29 is 19.7 Å². The van der Waals surface area contributed by atoms with Crippen LogP contribution in [0, 0.1) is 5.92 Å². The van der Waals surface area contributed by atoms with E-state index in [0.29, 0.717) is 12.8 Å². The Balaban J connectivity index is 2.36. The van der Waals surface area contributed by atoms with Crippen LogP contribution in [0.25, 0.3) is 0 Å². The SMILES string of the molecule is CC(C)(C)OC(=O)N[C@@H]1C[C@H](CO)[C@@H](O)C1. The summed E-state index contributed by atoms with van der Waals surface area (Å²) in [6, 6.07) is -0.109. The summed E-state index contributed by atoms with van der Waals surface area (Å²) in [7, 11) is 0. The van der Waals surface area contributed by atoms with Crippen molar-refractivity contribution in [1.29, 1.82) is 0 Å². The molecule has 1 saturated carbocycles. The number of amides is 1. The van der Waals surface area contributed by atoms with Gasteiger partial charge >= 0.3 is 6.09 Å². The standard InChI is InChI=1S/C11H21NO4/c1-11(2,3)16-10(15)12-8-4-7(6-13)9(14)5-8/h7-9,13-14H,4-6H2,1-3H3,(H,12,15)/t7-,8-,9+/m1/s1. The molecular weight excluding hydrogens is 210 g/mol. The number of hydrogen-bond acceptors (Lipinski definition) is 4. The van der Waals surface area contributed by atoms with Gasteiger partial charge in [-0.3, -0.25) is 0 Å². The normalized spacial score (nSPS) is 30.2. The van der Waals surface area contributed by atoms with Crippen LogP contribution >= 0.6 is 0 Å². The molecule has 16 heavy (non-hydrogen) atoms. The molecule has 0 radical (unpaired) electrons. The fraction of sp³-hybridized carbons (Fsp3) is 0.909. The third-order valence-corrected chi connectivity index (χ3v) is 2.61. The number of aliphatic hydroxyl groups is 2. The number of ether oxygens (including phenoxy) is 1. The van der Waals surface area contributed by atoms with Crippen LogP contribution < -0.4 is 5.32 Å². The van der Waals surface area contributed by atoms with Crippen LogP contribution in [0.3, 0.4) is 0 Å². The average Bonchev–Trinajstić information content (AvgIpc) is 2.42. The lowest BCUT2D eigenvalue weighted by molar-refractivity contribution is 0.0502. The van der Waals surface area contributed by atoms with Gasteiger partial charge in [0.15, 0.2) is 0 Å². The van der Waals surface area contributed by atoms with Crippen molar-refractivity contribution in [3.8, 4) is 0 Å². The zero-order chi connectivity index (χ0) is 12.3. The molecule has 0 saturated heterocycles. The quantitative estimate of drug-likeness (QED) is 0.651. The van der Waals surface area contributed by atoms with E-state index in [2.05, 4.69) is 5.32 Å². The van der Waals surface area contributed by atoms with Crippen molar-refractivity contribution in [2.75, 3.05) is 6.61 Å². The number of rotatable bonds is 2. The van der Waals surface area contributed by atoms with Gasteiger partial charge in [0.25, 0.3) is 0 Å². The Labute approximate surface area is 95.8 Å². The largest absolute Gasteiger partial charge is 0.444 e. The monoisotopic (exact) mass is 231 g/mol. The van der Waals surface area contributed by atoms with Crippen molar-refractivity contribution in [3.63, 3.8) is 0 Å². The molecule has 0 bridgehead atoms. The fourth-order valence-electron chi connectivity index (χ4n) is 1.89. The van der Waals surface area contributed by atoms with Gasteiger partial charge in [-0.1, -0.05) is 0 Å². The zero-order valence-electron chi connectivity index (χ0n) is 10.1. The smallest absolute Gasteiger partial charge is 0.407 e. The van der Waals surface area contributed by atoms with Gasteiger partial charge in [0.05, 0.1) is 6.10 Å². The highest BCUT2D eigenvalue weighted by atomic mass is 16.6. The number of carbonyl (C=O) groups excluding carboxylic acids is 1. The van der Waals surface area contributed by atoms with Gasteiger partial charge in [0, 0.05) is 18.6 Å². The van der Waals surface area contributed by atoms with Gasteiger partial charge in [-0.05, 0) is 33.6 Å². The van der Waals surface area contributed by atoms with E-state index >= 15 is 0 Å². The van der Waals surface area contributed by atoms with Gasteiger partial charge in [-0.2, -0.15) is 0 Å². The van der Waals surface area contributed by atoms with Gasteiger partial charge < -0.3 is 20.3 Å². The summed E-state index contributed by atoms with van der Waals surface area (Å²) < 4.78 is 5.11. The minimum absolute atomic E-state index is 0.0480. The Morgan fingerprint density at radius 2 is 2.06 bits per heavy atom. The Hall–Kier alpha value is -0.810. The third kappa shape index (κ3) is 3.98. The minimum atomic E-state index is -0.537. The highest BCUT2D eigenvalue weighted by Crippen LogP contribution is 2.25. The molecule has 5 nitrogen and oxygen atoms in total. The van der Waals surface area contributed by atoms with Crippen molar-refractivity contribution in [3.05, 3.63) is 0 Å². The second kappa shape index (κ2) is 5.01. The third-order valence-electron chi connectivity index (χ3n) is 2.61. The van der Waals surface area contributed by atoms with Gasteiger partial charge in [-0.15, -0.1) is 0 Å². The van der Waals surface area contributed by atoms with Crippen molar-refractivity contribution >= 4 is 6.09 Å². The second-order valence-electron chi connectivity index (χ2n) is 5.32. The molecule has 0 heterocycles. The maximum Gasteiger partial charge on any atom is 0.407 e. The number of carbonyl (C=O) groups is 1. The Morgan fingerprint density at radius 3 is 2.50 bits per heavy atom. The molecule has 1 rings (SSSR count). The Kier molecular flexibility index (Phi) is 4.15. The molecule has 3 atom stereocenters. The second-order valence-corrected chi connectivity index (χ2v) is 5.32. The molecule has 0 aromatic heterocycles. The maximum atomic E-state index is 11.4. The molecule has 0 spiro atoms. The van der Waals surface area contributed by atoms with E-state index in [1.165, 1.54) is 0 Å². The Bertz CT molecular complexity index is 249. The van der Waals surface area contributed by atoms with Crippen LogP contribution in [0.15, 0.2) is 0 Å². The van der Waals surface area contributed by atoms with E-state index in [1.54, 1.807) is 20.8 Å². The summed E-state index contributed by atoms with van der Waals surface area (Å²) in [5.41, 5.74) is -0.516. The van der Waals surface area contributed by atoms with Crippen LogP contribution in [0.5, 0.6) is 0 Å². The van der Waals surface area contributed by atoms with Gasteiger partial charge in [0.1, 0.15) is 5.60 Å². The molecule has 0 aliphatic heterocycles. The highest BCUT2D eigenvalue weighted by molar-refractivity contribution is 5.68. The molecule has 0 unspecified atom stereocenters. The maximum absolute atomic E-state index is 11.4. The van der Waals surface area contributed by atoms with E-state index in [-0.39, 0.29) is 18.6 Å². The number of aliphatic hydroxyl groups excluding tert-OH is 2. The highest BCUT2D eigenvalue weighted by Gasteiger charge is 2.33. The predicted molar refractivity (Wildman–Crippen MR) is 59.0 cm³/mol. The number of hydrogen-bond donors (Lipinski definition) is 3.